The zero-order chi connectivity index (χ0) is 15.5. The number of aliphatic hydroxyl groups excluding tert-OH is 1. The Morgan fingerprint density at radius 3 is 2.86 bits per heavy atom. The molecule has 1 fully saturated rings. The molecule has 2 rings (SSSR count). The first-order valence-corrected chi connectivity index (χ1v) is 8.21. The minimum Gasteiger partial charge on any atom is -0.384 e. The van der Waals surface area contributed by atoms with Crippen LogP contribution in [-0.2, 0) is 14.8 Å². The van der Waals surface area contributed by atoms with E-state index in [2.05, 4.69) is 11.8 Å². The number of rotatable bonds is 2. The molecule has 21 heavy (non-hydrogen) atoms. The Morgan fingerprint density at radius 2 is 2.24 bits per heavy atom. The number of morpholine rings is 1. The Labute approximate surface area is 125 Å². The van der Waals surface area contributed by atoms with Gasteiger partial charge in [0, 0.05) is 18.7 Å². The van der Waals surface area contributed by atoms with Crippen LogP contribution in [0.2, 0.25) is 0 Å². The molecule has 1 atom stereocenters. The van der Waals surface area contributed by atoms with Gasteiger partial charge in [-0.3, -0.25) is 0 Å². The van der Waals surface area contributed by atoms with Crippen molar-refractivity contribution >= 4 is 10.0 Å². The molecule has 0 bridgehead atoms. The van der Waals surface area contributed by atoms with Gasteiger partial charge in [0.2, 0.25) is 10.0 Å². The molecule has 1 aromatic rings. The number of benzene rings is 1. The first-order valence-electron chi connectivity index (χ1n) is 6.77. The number of aliphatic hydroxyl groups is 1. The van der Waals surface area contributed by atoms with Gasteiger partial charge in [0.1, 0.15) is 6.61 Å². The Hall–Kier alpha value is -1.39. The van der Waals surface area contributed by atoms with Gasteiger partial charge in [-0.25, -0.2) is 8.42 Å². The SMILES string of the molecule is Cc1cc(S(=O)(=O)N2CCOC(C)C2)ccc1C#CCO. The van der Waals surface area contributed by atoms with Crippen molar-refractivity contribution < 1.29 is 18.3 Å². The van der Waals surface area contributed by atoms with Crippen LogP contribution < -0.4 is 0 Å². The fourth-order valence-electron chi connectivity index (χ4n) is 2.23. The number of nitrogens with zero attached hydrogens (tertiary/aromatic N) is 1. The summed E-state index contributed by atoms with van der Waals surface area (Å²) in [7, 11) is -3.50. The minimum atomic E-state index is -3.50. The average Bonchev–Trinajstić information content (AvgIpc) is 2.46. The molecule has 6 heteroatoms. The second kappa shape index (κ2) is 6.58. The van der Waals surface area contributed by atoms with Gasteiger partial charge in [0.15, 0.2) is 0 Å². The highest BCUT2D eigenvalue weighted by Crippen LogP contribution is 2.21. The molecule has 1 aliphatic heterocycles. The molecule has 0 amide bonds. The van der Waals surface area contributed by atoms with Gasteiger partial charge in [0.25, 0.3) is 0 Å². The van der Waals surface area contributed by atoms with Crippen LogP contribution in [-0.4, -0.2) is 50.2 Å². The smallest absolute Gasteiger partial charge is 0.243 e. The average molecular weight is 309 g/mol. The van der Waals surface area contributed by atoms with E-state index in [4.69, 9.17) is 9.84 Å². The van der Waals surface area contributed by atoms with Crippen LogP contribution in [0.3, 0.4) is 0 Å². The Bertz CT molecular complexity index is 673. The normalized spacial score (nSPS) is 19.9. The maximum absolute atomic E-state index is 12.6. The van der Waals surface area contributed by atoms with Crippen molar-refractivity contribution in [1.82, 2.24) is 4.31 Å². The molecule has 0 spiro atoms. The summed E-state index contributed by atoms with van der Waals surface area (Å²) >= 11 is 0. The number of hydrogen-bond donors (Lipinski definition) is 1. The minimum absolute atomic E-state index is 0.0932. The van der Waals surface area contributed by atoms with Gasteiger partial charge in [0.05, 0.1) is 17.6 Å². The molecule has 114 valence electrons. The Balaban J connectivity index is 2.30. The molecule has 5 nitrogen and oxygen atoms in total. The summed E-state index contributed by atoms with van der Waals surface area (Å²) in [6, 6.07) is 4.86. The molecular formula is C15H19NO4S. The van der Waals surface area contributed by atoms with Crippen molar-refractivity contribution in [2.75, 3.05) is 26.3 Å². The van der Waals surface area contributed by atoms with Crippen LogP contribution in [0.1, 0.15) is 18.1 Å². The highest BCUT2D eigenvalue weighted by Gasteiger charge is 2.29. The van der Waals surface area contributed by atoms with Gasteiger partial charge in [-0.2, -0.15) is 4.31 Å². The first kappa shape index (κ1) is 16.0. The fourth-order valence-corrected chi connectivity index (χ4v) is 3.81. The molecule has 1 heterocycles. The summed E-state index contributed by atoms with van der Waals surface area (Å²) in [6.45, 7) is 4.61. The van der Waals surface area contributed by atoms with Crippen LogP contribution in [0.25, 0.3) is 0 Å². The fraction of sp³-hybridized carbons (Fsp3) is 0.467. The van der Waals surface area contributed by atoms with Crippen LogP contribution in [0.15, 0.2) is 23.1 Å². The largest absolute Gasteiger partial charge is 0.384 e. The van der Waals surface area contributed by atoms with Crippen molar-refractivity contribution in [2.24, 2.45) is 0 Å². The third kappa shape index (κ3) is 3.63. The predicted molar refractivity (Wildman–Crippen MR) is 79.3 cm³/mol. The molecule has 1 unspecified atom stereocenters. The van der Waals surface area contributed by atoms with Gasteiger partial charge in [-0.1, -0.05) is 11.8 Å². The molecule has 0 aromatic heterocycles. The molecule has 0 aliphatic carbocycles. The monoisotopic (exact) mass is 309 g/mol. The second-order valence-corrected chi connectivity index (χ2v) is 6.92. The van der Waals surface area contributed by atoms with Crippen LogP contribution in [0, 0.1) is 18.8 Å². The number of sulfonamides is 1. The van der Waals surface area contributed by atoms with Crippen molar-refractivity contribution in [3.05, 3.63) is 29.3 Å². The first-order chi connectivity index (χ1) is 9.95. The van der Waals surface area contributed by atoms with E-state index in [1.165, 1.54) is 4.31 Å². The summed E-state index contributed by atoms with van der Waals surface area (Å²) in [4.78, 5) is 0.267. The van der Waals surface area contributed by atoms with E-state index in [1.54, 1.807) is 18.2 Å². The third-order valence-corrected chi connectivity index (χ3v) is 5.20. The van der Waals surface area contributed by atoms with Crippen LogP contribution >= 0.6 is 0 Å². The summed E-state index contributed by atoms with van der Waals surface area (Å²) in [5, 5.41) is 8.71. The quantitative estimate of drug-likeness (QED) is 0.819. The molecule has 0 radical (unpaired) electrons. The lowest BCUT2D eigenvalue weighted by molar-refractivity contribution is 0.0102. The van der Waals surface area contributed by atoms with Crippen LogP contribution in [0.5, 0.6) is 0 Å². The number of aryl methyl sites for hydroxylation is 1. The van der Waals surface area contributed by atoms with E-state index < -0.39 is 10.0 Å². The van der Waals surface area contributed by atoms with E-state index >= 15 is 0 Å². The van der Waals surface area contributed by atoms with E-state index in [1.807, 2.05) is 13.8 Å². The van der Waals surface area contributed by atoms with E-state index in [9.17, 15) is 8.42 Å². The van der Waals surface area contributed by atoms with Gasteiger partial charge < -0.3 is 9.84 Å². The summed E-state index contributed by atoms with van der Waals surface area (Å²) in [5.41, 5.74) is 1.50. The molecule has 1 aliphatic rings. The highest BCUT2D eigenvalue weighted by molar-refractivity contribution is 7.89. The lowest BCUT2D eigenvalue weighted by Crippen LogP contribution is -2.44. The molecule has 1 aromatic carbocycles. The Morgan fingerprint density at radius 1 is 1.48 bits per heavy atom. The van der Waals surface area contributed by atoms with E-state index in [0.29, 0.717) is 19.7 Å². The van der Waals surface area contributed by atoms with Gasteiger partial charge in [-0.15, -0.1) is 0 Å². The summed E-state index contributed by atoms with van der Waals surface area (Å²) in [6.07, 6.45) is -0.0932. The lowest BCUT2D eigenvalue weighted by atomic mass is 10.1. The molecular weight excluding hydrogens is 290 g/mol. The second-order valence-electron chi connectivity index (χ2n) is 4.98. The number of ether oxygens (including phenoxy) is 1. The van der Waals surface area contributed by atoms with Crippen molar-refractivity contribution in [1.29, 1.82) is 0 Å². The highest BCUT2D eigenvalue weighted by atomic mass is 32.2. The van der Waals surface area contributed by atoms with Gasteiger partial charge >= 0.3 is 0 Å². The zero-order valence-electron chi connectivity index (χ0n) is 12.2. The molecule has 1 N–H and O–H groups in total. The summed E-state index contributed by atoms with van der Waals surface area (Å²) in [5.74, 6) is 5.36. The van der Waals surface area contributed by atoms with E-state index in [0.717, 1.165) is 11.1 Å². The topological polar surface area (TPSA) is 66.8 Å². The maximum Gasteiger partial charge on any atom is 0.243 e. The lowest BCUT2D eigenvalue weighted by Gasteiger charge is -2.30. The maximum atomic E-state index is 12.6. The van der Waals surface area contributed by atoms with Gasteiger partial charge in [-0.05, 0) is 37.6 Å². The van der Waals surface area contributed by atoms with Crippen LogP contribution in [0.4, 0.5) is 0 Å². The predicted octanol–water partition coefficient (Wildman–Crippen LogP) is 0.748. The van der Waals surface area contributed by atoms with Crippen molar-refractivity contribution in [2.45, 2.75) is 24.8 Å². The van der Waals surface area contributed by atoms with E-state index in [-0.39, 0.29) is 17.6 Å². The third-order valence-electron chi connectivity index (χ3n) is 3.34. The zero-order valence-corrected chi connectivity index (χ0v) is 13.0. The van der Waals surface area contributed by atoms with Crippen molar-refractivity contribution in [3.63, 3.8) is 0 Å². The summed E-state index contributed by atoms with van der Waals surface area (Å²) < 4.78 is 32.0. The van der Waals surface area contributed by atoms with Crippen molar-refractivity contribution in [3.8, 4) is 11.8 Å². The molecule has 0 saturated carbocycles. The Kier molecular flexibility index (Phi) is 5.01. The number of hydrogen-bond acceptors (Lipinski definition) is 4. The molecule has 1 saturated heterocycles. The standard InChI is InChI=1S/C15H19NO4S/c1-12-10-15(6-5-14(12)4-3-8-17)21(18,19)16-7-9-20-13(2)11-16/h5-6,10,13,17H,7-9,11H2,1-2H3.